The summed E-state index contributed by atoms with van der Waals surface area (Å²) in [5, 5.41) is 2.75. The Balaban J connectivity index is 2.38. The van der Waals surface area contributed by atoms with Crippen LogP contribution in [0.15, 0.2) is 23.1 Å². The van der Waals surface area contributed by atoms with Gasteiger partial charge in [-0.1, -0.05) is 6.92 Å². The molecule has 0 saturated carbocycles. The van der Waals surface area contributed by atoms with Crippen molar-refractivity contribution in [2.75, 3.05) is 26.7 Å². The third-order valence-corrected chi connectivity index (χ3v) is 5.56. The first kappa shape index (κ1) is 16.8. The van der Waals surface area contributed by atoms with E-state index in [9.17, 15) is 13.2 Å². The Labute approximate surface area is 131 Å². The van der Waals surface area contributed by atoms with Crippen molar-refractivity contribution < 1.29 is 17.9 Å². The van der Waals surface area contributed by atoms with Gasteiger partial charge in [0.05, 0.1) is 7.11 Å². The average molecular weight is 326 g/mol. The molecular formula is C15H22N2O4S. The minimum atomic E-state index is -3.63. The van der Waals surface area contributed by atoms with Crippen molar-refractivity contribution in [1.29, 1.82) is 0 Å². The highest BCUT2D eigenvalue weighted by Gasteiger charge is 2.30. The standard InChI is InChI=1S/C15H22N2O4S/c1-3-8-16-15(18)12-6-7-13(21-2)14(11-12)22(19,20)17-9-4-5-10-17/h6-7,11H,3-5,8-10H2,1-2H3,(H,16,18). The molecular weight excluding hydrogens is 304 g/mol. The zero-order chi connectivity index (χ0) is 16.2. The molecule has 7 heteroatoms. The number of sulfonamides is 1. The molecule has 1 N–H and O–H groups in total. The predicted octanol–water partition coefficient (Wildman–Crippen LogP) is 1.62. The molecule has 2 rings (SSSR count). The molecule has 1 aromatic carbocycles. The SMILES string of the molecule is CCCNC(=O)c1ccc(OC)c(S(=O)(=O)N2CCCC2)c1. The van der Waals surface area contributed by atoms with Crippen molar-refractivity contribution in [2.45, 2.75) is 31.1 Å². The van der Waals surface area contributed by atoms with Crippen molar-refractivity contribution in [3.05, 3.63) is 23.8 Å². The molecule has 1 heterocycles. The Morgan fingerprint density at radius 2 is 2.00 bits per heavy atom. The summed E-state index contributed by atoms with van der Waals surface area (Å²) in [4.78, 5) is 12.1. The molecule has 1 fully saturated rings. The van der Waals surface area contributed by atoms with Gasteiger partial charge in [0.2, 0.25) is 10.0 Å². The molecule has 0 aliphatic carbocycles. The van der Waals surface area contributed by atoms with E-state index in [1.165, 1.54) is 23.5 Å². The lowest BCUT2D eigenvalue weighted by molar-refractivity contribution is 0.0953. The van der Waals surface area contributed by atoms with Gasteiger partial charge in [-0.3, -0.25) is 4.79 Å². The van der Waals surface area contributed by atoms with Crippen molar-refractivity contribution in [2.24, 2.45) is 0 Å². The topological polar surface area (TPSA) is 75.7 Å². The largest absolute Gasteiger partial charge is 0.495 e. The van der Waals surface area contributed by atoms with E-state index < -0.39 is 10.0 Å². The van der Waals surface area contributed by atoms with E-state index in [4.69, 9.17) is 4.74 Å². The number of benzene rings is 1. The first-order chi connectivity index (χ1) is 10.5. The molecule has 6 nitrogen and oxygen atoms in total. The number of rotatable bonds is 6. The highest BCUT2D eigenvalue weighted by atomic mass is 32.2. The van der Waals surface area contributed by atoms with Crippen molar-refractivity contribution in [3.8, 4) is 5.75 Å². The highest BCUT2D eigenvalue weighted by Crippen LogP contribution is 2.29. The first-order valence-electron chi connectivity index (χ1n) is 7.47. The van der Waals surface area contributed by atoms with Crippen molar-refractivity contribution in [3.63, 3.8) is 0 Å². The van der Waals surface area contributed by atoms with E-state index in [1.54, 1.807) is 6.07 Å². The maximum Gasteiger partial charge on any atom is 0.251 e. The summed E-state index contributed by atoms with van der Waals surface area (Å²) in [5.74, 6) is -0.0127. The third-order valence-electron chi connectivity index (χ3n) is 3.64. The van der Waals surface area contributed by atoms with Crippen molar-refractivity contribution >= 4 is 15.9 Å². The van der Waals surface area contributed by atoms with Crippen molar-refractivity contribution in [1.82, 2.24) is 9.62 Å². The number of nitrogens with one attached hydrogen (secondary N) is 1. The highest BCUT2D eigenvalue weighted by molar-refractivity contribution is 7.89. The smallest absolute Gasteiger partial charge is 0.251 e. The molecule has 1 aromatic rings. The monoisotopic (exact) mass is 326 g/mol. The number of amides is 1. The molecule has 0 radical (unpaired) electrons. The van der Waals surface area contributed by atoms with Crippen LogP contribution in [0.25, 0.3) is 0 Å². The summed E-state index contributed by atoms with van der Waals surface area (Å²) in [6, 6.07) is 4.51. The molecule has 122 valence electrons. The van der Waals surface area contributed by atoms with E-state index in [2.05, 4.69) is 5.32 Å². The molecule has 1 saturated heterocycles. The molecule has 0 bridgehead atoms. The summed E-state index contributed by atoms with van der Waals surface area (Å²) in [6.07, 6.45) is 2.54. The zero-order valence-electron chi connectivity index (χ0n) is 13.0. The number of carbonyl (C=O) groups excluding carboxylic acids is 1. The van der Waals surface area contributed by atoms with E-state index >= 15 is 0 Å². The average Bonchev–Trinajstić information content (AvgIpc) is 3.07. The van der Waals surface area contributed by atoms with Crippen LogP contribution in [-0.4, -0.2) is 45.4 Å². The quantitative estimate of drug-likeness (QED) is 0.862. The number of nitrogens with zero attached hydrogens (tertiary/aromatic N) is 1. The van der Waals surface area contributed by atoms with Crippen LogP contribution in [0, 0.1) is 0 Å². The van der Waals surface area contributed by atoms with E-state index in [1.807, 2.05) is 6.92 Å². The maximum atomic E-state index is 12.7. The fraction of sp³-hybridized carbons (Fsp3) is 0.533. The minimum Gasteiger partial charge on any atom is -0.495 e. The van der Waals surface area contributed by atoms with Gasteiger partial charge in [0.1, 0.15) is 10.6 Å². The Bertz CT molecular complexity index is 637. The Morgan fingerprint density at radius 3 is 2.59 bits per heavy atom. The molecule has 0 spiro atoms. The zero-order valence-corrected chi connectivity index (χ0v) is 13.8. The lowest BCUT2D eigenvalue weighted by atomic mass is 10.2. The van der Waals surface area contributed by atoms with Gasteiger partial charge in [-0.15, -0.1) is 0 Å². The summed E-state index contributed by atoms with van der Waals surface area (Å²) < 4.78 is 32.0. The molecule has 1 aliphatic rings. The predicted molar refractivity (Wildman–Crippen MR) is 83.6 cm³/mol. The maximum absolute atomic E-state index is 12.7. The first-order valence-corrected chi connectivity index (χ1v) is 8.91. The van der Waals surface area contributed by atoms with Crippen LogP contribution < -0.4 is 10.1 Å². The van der Waals surface area contributed by atoms with E-state index in [0.29, 0.717) is 25.2 Å². The summed E-state index contributed by atoms with van der Waals surface area (Å²) >= 11 is 0. The second-order valence-electron chi connectivity index (χ2n) is 5.23. The second-order valence-corrected chi connectivity index (χ2v) is 7.14. The van der Waals surface area contributed by atoms with Gasteiger partial charge >= 0.3 is 0 Å². The molecule has 1 aliphatic heterocycles. The summed E-state index contributed by atoms with van der Waals surface area (Å²) in [6.45, 7) is 3.53. The van der Waals surface area contributed by atoms with Crippen LogP contribution in [0.4, 0.5) is 0 Å². The fourth-order valence-electron chi connectivity index (χ4n) is 2.43. The van der Waals surface area contributed by atoms with Gasteiger partial charge in [-0.05, 0) is 37.5 Å². The molecule has 22 heavy (non-hydrogen) atoms. The number of ether oxygens (including phenoxy) is 1. The van der Waals surface area contributed by atoms with Gasteiger partial charge < -0.3 is 10.1 Å². The van der Waals surface area contributed by atoms with Gasteiger partial charge in [0.25, 0.3) is 5.91 Å². The van der Waals surface area contributed by atoms with Gasteiger partial charge in [0.15, 0.2) is 0 Å². The summed E-state index contributed by atoms with van der Waals surface area (Å²) in [5.41, 5.74) is 0.326. The van der Waals surface area contributed by atoms with E-state index in [0.717, 1.165) is 19.3 Å². The van der Waals surface area contributed by atoms with Crippen LogP contribution in [0.1, 0.15) is 36.5 Å². The Morgan fingerprint density at radius 1 is 1.32 bits per heavy atom. The van der Waals surface area contributed by atoms with Crippen LogP contribution >= 0.6 is 0 Å². The molecule has 1 amide bonds. The van der Waals surface area contributed by atoms with Gasteiger partial charge in [-0.25, -0.2) is 8.42 Å². The summed E-state index contributed by atoms with van der Waals surface area (Å²) in [7, 11) is -2.20. The third kappa shape index (κ3) is 3.41. The Hall–Kier alpha value is -1.60. The van der Waals surface area contributed by atoms with E-state index in [-0.39, 0.29) is 16.6 Å². The van der Waals surface area contributed by atoms with Crippen LogP contribution in [-0.2, 0) is 10.0 Å². The van der Waals surface area contributed by atoms with Gasteiger partial charge in [-0.2, -0.15) is 4.31 Å². The molecule has 0 aromatic heterocycles. The number of hydrogen-bond donors (Lipinski definition) is 1. The number of methoxy groups -OCH3 is 1. The number of hydrogen-bond acceptors (Lipinski definition) is 4. The van der Waals surface area contributed by atoms with Crippen LogP contribution in [0.3, 0.4) is 0 Å². The second kappa shape index (κ2) is 7.11. The molecule has 0 atom stereocenters. The Kier molecular flexibility index (Phi) is 5.42. The fourth-order valence-corrected chi connectivity index (χ4v) is 4.13. The lowest BCUT2D eigenvalue weighted by Crippen LogP contribution is -2.29. The normalized spacial score (nSPS) is 15.7. The lowest BCUT2D eigenvalue weighted by Gasteiger charge is -2.18. The minimum absolute atomic E-state index is 0.0565. The number of carbonyl (C=O) groups is 1. The van der Waals surface area contributed by atoms with Crippen LogP contribution in [0.5, 0.6) is 5.75 Å². The van der Waals surface area contributed by atoms with Gasteiger partial charge in [0, 0.05) is 25.2 Å². The molecule has 0 unspecified atom stereocenters. The van der Waals surface area contributed by atoms with Crippen LogP contribution in [0.2, 0.25) is 0 Å².